The minimum Gasteiger partial charge on any atom is -0.295 e. The van der Waals surface area contributed by atoms with Crippen molar-refractivity contribution in [1.82, 2.24) is 5.32 Å². The van der Waals surface area contributed by atoms with Crippen LogP contribution in [0.25, 0.3) is 0 Å². The van der Waals surface area contributed by atoms with Crippen LogP contribution in [-0.2, 0) is 0 Å². The van der Waals surface area contributed by atoms with Gasteiger partial charge in [-0.1, -0.05) is 36.4 Å². The van der Waals surface area contributed by atoms with Crippen molar-refractivity contribution in [2.24, 2.45) is 0 Å². The molecule has 1 aromatic carbocycles. The Labute approximate surface area is 114 Å². The Kier molecular flexibility index (Phi) is 4.27. The molecule has 102 valence electrons. The average molecular weight is 285 g/mol. The van der Waals surface area contributed by atoms with Gasteiger partial charge in [-0.05, 0) is 23.9 Å². The highest BCUT2D eigenvalue weighted by atomic mass is 32.1. The maximum absolute atomic E-state index is 13.1. The number of alkyl halides is 3. The monoisotopic (exact) mass is 285 g/mol. The molecule has 0 aliphatic rings. The first kappa shape index (κ1) is 14.1. The molecule has 0 fully saturated rings. The predicted octanol–water partition coefficient (Wildman–Crippen LogP) is 4.70. The van der Waals surface area contributed by atoms with Crippen LogP contribution in [-0.4, -0.2) is 6.18 Å². The van der Waals surface area contributed by atoms with Crippen molar-refractivity contribution in [2.75, 3.05) is 0 Å². The van der Waals surface area contributed by atoms with Gasteiger partial charge in [-0.2, -0.15) is 13.2 Å². The number of halogens is 3. The van der Waals surface area contributed by atoms with E-state index in [0.717, 1.165) is 4.88 Å². The lowest BCUT2D eigenvalue weighted by Gasteiger charge is -2.25. The molecule has 1 N–H and O–H groups in total. The fourth-order valence-corrected chi connectivity index (χ4v) is 2.64. The molecule has 0 saturated carbocycles. The lowest BCUT2D eigenvalue weighted by Crippen LogP contribution is -2.35. The number of benzene rings is 1. The molecule has 1 aromatic heterocycles. The van der Waals surface area contributed by atoms with Crippen LogP contribution in [0.4, 0.5) is 13.2 Å². The number of hydrogen-bond donors (Lipinski definition) is 1. The molecule has 19 heavy (non-hydrogen) atoms. The van der Waals surface area contributed by atoms with E-state index in [1.54, 1.807) is 25.1 Å². The molecule has 0 radical (unpaired) electrons. The van der Waals surface area contributed by atoms with Crippen LogP contribution in [0.5, 0.6) is 0 Å². The van der Waals surface area contributed by atoms with Crippen LogP contribution in [0.1, 0.15) is 29.4 Å². The largest absolute Gasteiger partial charge is 0.407 e. The zero-order chi connectivity index (χ0) is 13.9. The van der Waals surface area contributed by atoms with E-state index in [2.05, 4.69) is 5.32 Å². The van der Waals surface area contributed by atoms with Crippen molar-refractivity contribution in [3.8, 4) is 0 Å². The fraction of sp³-hybridized carbons (Fsp3) is 0.286. The third kappa shape index (κ3) is 3.58. The zero-order valence-corrected chi connectivity index (χ0v) is 11.1. The van der Waals surface area contributed by atoms with Crippen LogP contribution in [0, 0.1) is 0 Å². The standard InChI is InChI=1S/C14H14F3NS/c1-10(12-8-5-9-19-12)18-13(14(15,16)17)11-6-3-2-4-7-11/h2-10,13,18H,1H3/t10-,13?/m1/s1. The van der Waals surface area contributed by atoms with Gasteiger partial charge in [0.1, 0.15) is 6.04 Å². The summed E-state index contributed by atoms with van der Waals surface area (Å²) in [6.45, 7) is 1.74. The summed E-state index contributed by atoms with van der Waals surface area (Å²) in [7, 11) is 0. The molecule has 0 bridgehead atoms. The third-order valence-corrected chi connectivity index (χ3v) is 3.90. The summed E-state index contributed by atoms with van der Waals surface area (Å²) in [6, 6.07) is 9.61. The molecule has 1 unspecified atom stereocenters. The van der Waals surface area contributed by atoms with Crippen molar-refractivity contribution in [1.29, 1.82) is 0 Å². The van der Waals surface area contributed by atoms with E-state index in [1.165, 1.54) is 23.5 Å². The number of hydrogen-bond acceptors (Lipinski definition) is 2. The van der Waals surface area contributed by atoms with Crippen LogP contribution < -0.4 is 5.32 Å². The van der Waals surface area contributed by atoms with Gasteiger partial charge in [0.05, 0.1) is 0 Å². The van der Waals surface area contributed by atoms with Gasteiger partial charge in [-0.3, -0.25) is 5.32 Å². The summed E-state index contributed by atoms with van der Waals surface area (Å²) >= 11 is 1.45. The molecule has 0 aliphatic carbocycles. The minimum absolute atomic E-state index is 0.235. The predicted molar refractivity (Wildman–Crippen MR) is 71.1 cm³/mol. The topological polar surface area (TPSA) is 12.0 Å². The molecular formula is C14H14F3NS. The van der Waals surface area contributed by atoms with Gasteiger partial charge >= 0.3 is 6.18 Å². The van der Waals surface area contributed by atoms with Gasteiger partial charge in [0, 0.05) is 10.9 Å². The Hall–Kier alpha value is -1.33. The van der Waals surface area contributed by atoms with E-state index >= 15 is 0 Å². The summed E-state index contributed by atoms with van der Waals surface area (Å²) in [5, 5.41) is 4.52. The molecular weight excluding hydrogens is 271 g/mol. The summed E-state index contributed by atoms with van der Waals surface area (Å²) in [6.07, 6.45) is -4.31. The Morgan fingerprint density at radius 3 is 2.26 bits per heavy atom. The molecule has 2 atom stereocenters. The molecule has 2 aromatic rings. The molecule has 1 heterocycles. The summed E-state index contributed by atoms with van der Waals surface area (Å²) in [5.74, 6) is 0. The smallest absolute Gasteiger partial charge is 0.295 e. The first-order chi connectivity index (χ1) is 8.98. The van der Waals surface area contributed by atoms with Gasteiger partial charge in [0.2, 0.25) is 0 Å². The van der Waals surface area contributed by atoms with E-state index < -0.39 is 12.2 Å². The average Bonchev–Trinajstić information content (AvgIpc) is 2.89. The molecule has 0 amide bonds. The second-order valence-electron chi connectivity index (χ2n) is 4.29. The van der Waals surface area contributed by atoms with E-state index in [9.17, 15) is 13.2 Å². The van der Waals surface area contributed by atoms with Gasteiger partial charge in [0.15, 0.2) is 0 Å². The molecule has 0 spiro atoms. The zero-order valence-electron chi connectivity index (χ0n) is 10.3. The number of rotatable bonds is 4. The van der Waals surface area contributed by atoms with E-state index in [-0.39, 0.29) is 11.6 Å². The molecule has 5 heteroatoms. The number of thiophene rings is 1. The van der Waals surface area contributed by atoms with Crippen LogP contribution >= 0.6 is 11.3 Å². The Morgan fingerprint density at radius 2 is 1.74 bits per heavy atom. The normalized spacial score (nSPS) is 15.2. The summed E-state index contributed by atoms with van der Waals surface area (Å²) < 4.78 is 39.4. The highest BCUT2D eigenvalue weighted by Gasteiger charge is 2.41. The maximum Gasteiger partial charge on any atom is 0.407 e. The number of nitrogens with one attached hydrogen (secondary N) is 1. The van der Waals surface area contributed by atoms with E-state index in [0.29, 0.717) is 0 Å². The lowest BCUT2D eigenvalue weighted by atomic mass is 10.1. The minimum atomic E-state index is -4.31. The first-order valence-corrected chi connectivity index (χ1v) is 6.77. The molecule has 1 nitrogen and oxygen atoms in total. The van der Waals surface area contributed by atoms with Crippen LogP contribution in [0.15, 0.2) is 47.8 Å². The quantitative estimate of drug-likeness (QED) is 0.858. The summed E-state index contributed by atoms with van der Waals surface area (Å²) in [4.78, 5) is 0.894. The second kappa shape index (κ2) is 5.75. The SMILES string of the molecule is C[C@@H](NC(c1ccccc1)C(F)(F)F)c1cccs1. The Bertz CT molecular complexity index is 493. The van der Waals surface area contributed by atoms with E-state index in [1.807, 2.05) is 17.5 Å². The maximum atomic E-state index is 13.1. The van der Waals surface area contributed by atoms with Crippen molar-refractivity contribution in [3.63, 3.8) is 0 Å². The summed E-state index contributed by atoms with van der Waals surface area (Å²) in [5.41, 5.74) is 0.235. The Balaban J connectivity index is 2.20. The van der Waals surface area contributed by atoms with Gasteiger partial charge < -0.3 is 0 Å². The third-order valence-electron chi connectivity index (χ3n) is 2.85. The highest BCUT2D eigenvalue weighted by Crippen LogP contribution is 2.35. The second-order valence-corrected chi connectivity index (χ2v) is 5.27. The van der Waals surface area contributed by atoms with Gasteiger partial charge in [-0.25, -0.2) is 0 Å². The molecule has 2 rings (SSSR count). The lowest BCUT2D eigenvalue weighted by molar-refractivity contribution is -0.159. The van der Waals surface area contributed by atoms with Crippen molar-refractivity contribution in [2.45, 2.75) is 25.2 Å². The van der Waals surface area contributed by atoms with Crippen LogP contribution in [0.3, 0.4) is 0 Å². The highest BCUT2D eigenvalue weighted by molar-refractivity contribution is 7.10. The Morgan fingerprint density at radius 1 is 1.05 bits per heavy atom. The first-order valence-electron chi connectivity index (χ1n) is 5.89. The van der Waals surface area contributed by atoms with E-state index in [4.69, 9.17) is 0 Å². The molecule has 0 aliphatic heterocycles. The van der Waals surface area contributed by atoms with Crippen LogP contribution in [0.2, 0.25) is 0 Å². The fourth-order valence-electron chi connectivity index (χ4n) is 1.89. The van der Waals surface area contributed by atoms with Crippen molar-refractivity contribution >= 4 is 11.3 Å². The molecule has 0 saturated heterocycles. The van der Waals surface area contributed by atoms with Gasteiger partial charge in [-0.15, -0.1) is 11.3 Å². The van der Waals surface area contributed by atoms with Crippen molar-refractivity contribution in [3.05, 3.63) is 58.3 Å². The van der Waals surface area contributed by atoms with Gasteiger partial charge in [0.25, 0.3) is 0 Å². The van der Waals surface area contributed by atoms with Crippen molar-refractivity contribution < 1.29 is 13.2 Å².